The quantitative estimate of drug-likeness (QED) is 0.266. The van der Waals surface area contributed by atoms with Gasteiger partial charge in [0.1, 0.15) is 49.4 Å². The van der Waals surface area contributed by atoms with Gasteiger partial charge in [0, 0.05) is 23.5 Å². The number of hydrogen-bond acceptors (Lipinski definition) is 10. The van der Waals surface area contributed by atoms with E-state index in [9.17, 15) is 9.59 Å². The molecule has 4 aliphatic heterocycles. The Labute approximate surface area is 279 Å². The van der Waals surface area contributed by atoms with Crippen molar-refractivity contribution >= 4 is 11.8 Å². The molecule has 250 valence electrons. The fraction of sp³-hybridized carbons (Fsp3) is 0.278. The number of amides is 2. The molecule has 0 saturated carbocycles. The van der Waals surface area contributed by atoms with Crippen LogP contribution in [-0.4, -0.2) is 87.7 Å². The molecule has 2 aromatic carbocycles. The largest absolute Gasteiger partial charge is 0.492 e. The smallest absolute Gasteiger partial charge is 0.251 e. The van der Waals surface area contributed by atoms with Gasteiger partial charge < -0.3 is 39.1 Å². The van der Waals surface area contributed by atoms with Gasteiger partial charge in [-0.25, -0.2) is 0 Å². The Kier molecular flexibility index (Phi) is 13.2. The van der Waals surface area contributed by atoms with Crippen molar-refractivity contribution in [2.45, 2.75) is 0 Å². The molecule has 48 heavy (non-hydrogen) atoms. The molecule has 0 unspecified atom stereocenters. The van der Waals surface area contributed by atoms with Gasteiger partial charge in [0.05, 0.1) is 50.9 Å². The molecule has 0 atom stereocenters. The molecule has 4 aliphatic rings. The van der Waals surface area contributed by atoms with Crippen LogP contribution in [0, 0.1) is 0 Å². The topological polar surface area (TPSA) is 139 Å². The third-order valence-electron chi connectivity index (χ3n) is 6.85. The molecule has 8 bridgehead atoms. The van der Waals surface area contributed by atoms with Gasteiger partial charge in [-0.15, -0.1) is 0 Å². The predicted molar refractivity (Wildman–Crippen MR) is 178 cm³/mol. The zero-order valence-electron chi connectivity index (χ0n) is 26.5. The number of pyridine rings is 2. The molecule has 8 rings (SSSR count). The summed E-state index contributed by atoms with van der Waals surface area (Å²) in [6, 6.07) is 21.0. The monoisotopic (exact) mass is 654 g/mol. The highest BCUT2D eigenvalue weighted by molar-refractivity contribution is 5.96. The van der Waals surface area contributed by atoms with E-state index in [0.29, 0.717) is 98.2 Å². The lowest BCUT2D eigenvalue weighted by atomic mass is 10.1. The Balaban J connectivity index is 1.18. The molecule has 2 N–H and O–H groups in total. The maximum atomic E-state index is 12.8. The van der Waals surface area contributed by atoms with Gasteiger partial charge in [0.15, 0.2) is 0 Å². The molecule has 2 aromatic heterocycles. The van der Waals surface area contributed by atoms with Crippen LogP contribution >= 0.6 is 0 Å². The van der Waals surface area contributed by atoms with Crippen molar-refractivity contribution in [1.82, 2.24) is 20.6 Å². The van der Waals surface area contributed by atoms with Crippen molar-refractivity contribution in [3.63, 3.8) is 0 Å². The number of carbonyl (C=O) groups excluding carboxylic acids is 2. The highest BCUT2D eigenvalue weighted by Crippen LogP contribution is 2.19. The summed E-state index contributed by atoms with van der Waals surface area (Å²) in [5, 5.41) is 5.70. The highest BCUT2D eigenvalue weighted by Gasteiger charge is 2.12. The Morgan fingerprint density at radius 3 is 1.25 bits per heavy atom. The van der Waals surface area contributed by atoms with Crippen LogP contribution in [0.3, 0.4) is 0 Å². The number of benzene rings is 2. The fourth-order valence-electron chi connectivity index (χ4n) is 4.43. The fourth-order valence-corrected chi connectivity index (χ4v) is 4.43. The predicted octanol–water partition coefficient (Wildman–Crippen LogP) is 4.12. The SMILES string of the molecule is O=C1NCCOc2ccc(cc2)OCCOCC=CCOCCOc2ccc(cc2)OCCNC(=O)c2ccnc(c2)-c2cc1ccn2. The van der Waals surface area contributed by atoms with E-state index >= 15 is 0 Å². The Morgan fingerprint density at radius 1 is 0.479 bits per heavy atom. The average Bonchev–Trinajstić information content (AvgIpc) is 3.13. The van der Waals surface area contributed by atoms with Crippen LogP contribution in [0.25, 0.3) is 11.4 Å². The first-order valence-electron chi connectivity index (χ1n) is 15.6. The van der Waals surface area contributed by atoms with Crippen molar-refractivity contribution in [3.8, 4) is 34.4 Å². The standard InChI is InChI=1S/C36H38N4O8/c41-35-27-11-13-37-33(25-27)34-26-28(12-14-38-34)36(42)40-16-20-46-30-5-9-32(10-6-30)48-24-22-44-18-2-1-17-43-21-23-47-31-7-3-29(4-8-31)45-19-15-39-35/h1-14,25-26H,15-24H2,(H,39,41)(H,40,42). The summed E-state index contributed by atoms with van der Waals surface area (Å²) >= 11 is 0. The zero-order valence-corrected chi connectivity index (χ0v) is 26.5. The van der Waals surface area contributed by atoms with E-state index in [4.69, 9.17) is 28.4 Å². The molecule has 12 heteroatoms. The minimum atomic E-state index is -0.281. The van der Waals surface area contributed by atoms with Gasteiger partial charge in [0.2, 0.25) is 0 Å². The van der Waals surface area contributed by atoms with Gasteiger partial charge >= 0.3 is 0 Å². The molecule has 4 aromatic rings. The molecule has 0 aliphatic carbocycles. The highest BCUT2D eigenvalue weighted by atomic mass is 16.5. The molecular weight excluding hydrogens is 616 g/mol. The van der Waals surface area contributed by atoms with Crippen LogP contribution in [0.2, 0.25) is 0 Å². The summed E-state index contributed by atoms with van der Waals surface area (Å²) < 4.78 is 34.1. The van der Waals surface area contributed by atoms with Crippen molar-refractivity contribution < 1.29 is 38.0 Å². The van der Waals surface area contributed by atoms with Gasteiger partial charge in [-0.3, -0.25) is 19.6 Å². The molecular formula is C36H38N4O8. The second-order valence-corrected chi connectivity index (χ2v) is 10.3. The Bertz CT molecular complexity index is 1510. The first kappa shape index (κ1) is 33.9. The van der Waals surface area contributed by atoms with Crippen molar-refractivity contribution in [2.24, 2.45) is 0 Å². The molecule has 2 amide bonds. The molecule has 6 heterocycles. The van der Waals surface area contributed by atoms with Crippen molar-refractivity contribution in [1.29, 1.82) is 0 Å². The maximum absolute atomic E-state index is 12.8. The number of nitrogens with one attached hydrogen (secondary N) is 2. The van der Waals surface area contributed by atoms with Crippen LogP contribution in [0.5, 0.6) is 23.0 Å². The number of hydrogen-bond donors (Lipinski definition) is 2. The minimum Gasteiger partial charge on any atom is -0.492 e. The van der Waals surface area contributed by atoms with Crippen LogP contribution in [0.4, 0.5) is 0 Å². The zero-order chi connectivity index (χ0) is 33.2. The summed E-state index contributed by atoms with van der Waals surface area (Å²) in [7, 11) is 0. The van der Waals surface area contributed by atoms with Crippen molar-refractivity contribution in [2.75, 3.05) is 65.9 Å². The molecule has 12 nitrogen and oxygen atoms in total. The molecule has 0 fully saturated rings. The first-order chi connectivity index (χ1) is 23.6. The lowest BCUT2D eigenvalue weighted by Crippen LogP contribution is -2.28. The lowest BCUT2D eigenvalue weighted by Gasteiger charge is -2.11. The third-order valence-corrected chi connectivity index (χ3v) is 6.85. The molecule has 0 radical (unpaired) electrons. The number of aromatic nitrogens is 2. The second kappa shape index (κ2) is 18.6. The number of nitrogens with zero attached hydrogens (tertiary/aromatic N) is 2. The maximum Gasteiger partial charge on any atom is 0.251 e. The third kappa shape index (κ3) is 11.1. The van der Waals surface area contributed by atoms with E-state index in [1.165, 1.54) is 12.4 Å². The summed E-state index contributed by atoms with van der Waals surface area (Å²) in [6.45, 7) is 3.77. The van der Waals surface area contributed by atoms with Crippen LogP contribution in [0.15, 0.2) is 97.3 Å². The van der Waals surface area contributed by atoms with E-state index in [0.717, 1.165) is 0 Å². The summed E-state index contributed by atoms with van der Waals surface area (Å²) in [5.74, 6) is 2.15. The summed E-state index contributed by atoms with van der Waals surface area (Å²) in [6.07, 6.45) is 6.86. The Morgan fingerprint density at radius 2 is 0.854 bits per heavy atom. The summed E-state index contributed by atoms with van der Waals surface area (Å²) in [4.78, 5) is 34.3. The van der Waals surface area contributed by atoms with Crippen LogP contribution in [-0.2, 0) is 9.47 Å². The van der Waals surface area contributed by atoms with Gasteiger partial charge in [-0.1, -0.05) is 12.2 Å². The van der Waals surface area contributed by atoms with E-state index in [1.54, 1.807) is 48.5 Å². The van der Waals surface area contributed by atoms with Crippen LogP contribution < -0.4 is 29.6 Å². The van der Waals surface area contributed by atoms with E-state index in [2.05, 4.69) is 20.6 Å². The van der Waals surface area contributed by atoms with Gasteiger partial charge in [-0.2, -0.15) is 0 Å². The average molecular weight is 655 g/mol. The van der Waals surface area contributed by atoms with Crippen LogP contribution in [0.1, 0.15) is 20.7 Å². The second-order valence-electron chi connectivity index (χ2n) is 10.3. The van der Waals surface area contributed by atoms with E-state index in [1.807, 2.05) is 36.4 Å². The molecule has 0 saturated heterocycles. The molecule has 0 spiro atoms. The number of rotatable bonds is 0. The van der Waals surface area contributed by atoms with Gasteiger partial charge in [-0.05, 0) is 72.8 Å². The van der Waals surface area contributed by atoms with Gasteiger partial charge in [0.25, 0.3) is 11.8 Å². The van der Waals surface area contributed by atoms with E-state index in [-0.39, 0.29) is 25.0 Å². The van der Waals surface area contributed by atoms with E-state index < -0.39 is 0 Å². The number of ether oxygens (including phenoxy) is 6. The Hall–Kier alpha value is -5.46. The number of carbonyl (C=O) groups is 2. The first-order valence-corrected chi connectivity index (χ1v) is 15.6. The normalized spacial score (nSPS) is 15.9. The minimum absolute atomic E-state index is 0.278. The van der Waals surface area contributed by atoms with Crippen molar-refractivity contribution in [3.05, 3.63) is 108 Å². The lowest BCUT2D eigenvalue weighted by molar-refractivity contribution is 0.0939. The summed E-state index contributed by atoms with van der Waals surface area (Å²) in [5.41, 5.74) is 1.75.